The number of likely N-dealkylation sites (tertiary alicyclic amines) is 1. The van der Waals surface area contributed by atoms with Crippen LogP contribution in [0.1, 0.15) is 54.0 Å². The number of piperidine rings is 1. The largest absolute Gasteiger partial charge is 0.416 e. The molecule has 0 bridgehead atoms. The molecule has 1 aliphatic rings. The summed E-state index contributed by atoms with van der Waals surface area (Å²) in [5.74, 6) is 0.0752. The third-order valence-corrected chi connectivity index (χ3v) is 6.96. The summed E-state index contributed by atoms with van der Waals surface area (Å²) in [4.78, 5) is 15.2. The predicted molar refractivity (Wildman–Crippen MR) is 138 cm³/mol. The molecule has 9 heteroatoms. The van der Waals surface area contributed by atoms with Crippen molar-refractivity contribution in [3.8, 4) is 11.8 Å². The summed E-state index contributed by atoms with van der Waals surface area (Å²) in [6.45, 7) is 6.19. The molecule has 1 fully saturated rings. The molecule has 1 N–H and O–H groups in total. The van der Waals surface area contributed by atoms with Crippen LogP contribution in [0.2, 0.25) is 0 Å². The van der Waals surface area contributed by atoms with E-state index in [9.17, 15) is 23.2 Å². The predicted octanol–water partition coefficient (Wildman–Crippen LogP) is 5.63. The van der Waals surface area contributed by atoms with Crippen molar-refractivity contribution in [3.05, 3.63) is 83.2 Å². The summed E-state index contributed by atoms with van der Waals surface area (Å²) < 4.78 is 40.2. The molecule has 2 heterocycles. The van der Waals surface area contributed by atoms with E-state index in [2.05, 4.69) is 35.2 Å². The number of para-hydroxylation sites is 1. The molecule has 1 aromatic heterocycles. The van der Waals surface area contributed by atoms with Crippen molar-refractivity contribution < 1.29 is 18.0 Å². The second-order valence-electron chi connectivity index (χ2n) is 10.4. The maximum absolute atomic E-state index is 13.0. The normalized spacial score (nSPS) is 15.8. The first-order chi connectivity index (χ1) is 18.1. The third-order valence-electron chi connectivity index (χ3n) is 6.96. The zero-order valence-electron chi connectivity index (χ0n) is 21.6. The molecule has 1 saturated heterocycles. The summed E-state index contributed by atoms with van der Waals surface area (Å²) >= 11 is 0. The molecule has 0 atom stereocenters. The molecule has 2 aromatic carbocycles. The molecule has 200 valence electrons. The van der Waals surface area contributed by atoms with Crippen LogP contribution < -0.4 is 5.32 Å². The quantitative estimate of drug-likeness (QED) is 0.416. The lowest BCUT2D eigenvalue weighted by Gasteiger charge is -2.37. The Morgan fingerprint density at radius 1 is 1.11 bits per heavy atom. The van der Waals surface area contributed by atoms with E-state index in [0.717, 1.165) is 35.5 Å². The molecule has 3 aromatic rings. The Labute approximate surface area is 221 Å². The first-order valence-electron chi connectivity index (χ1n) is 12.8. The van der Waals surface area contributed by atoms with E-state index in [4.69, 9.17) is 0 Å². The molecular formula is C29H32F3N5O. The van der Waals surface area contributed by atoms with Gasteiger partial charge in [0.25, 0.3) is 5.91 Å². The number of hydrogen-bond acceptors (Lipinski definition) is 4. The van der Waals surface area contributed by atoms with Crippen LogP contribution in [0.5, 0.6) is 0 Å². The number of halogens is 3. The lowest BCUT2D eigenvalue weighted by atomic mass is 9.79. The van der Waals surface area contributed by atoms with E-state index in [1.807, 2.05) is 36.4 Å². The average Bonchev–Trinajstić information content (AvgIpc) is 3.32. The topological polar surface area (TPSA) is 74.0 Å². The van der Waals surface area contributed by atoms with Crippen molar-refractivity contribution >= 4 is 5.91 Å². The number of carbonyl (C=O) groups excluding carboxylic acids is 1. The Morgan fingerprint density at radius 2 is 1.76 bits per heavy atom. The fourth-order valence-electron chi connectivity index (χ4n) is 4.75. The lowest BCUT2D eigenvalue weighted by molar-refractivity contribution is -0.137. The van der Waals surface area contributed by atoms with Gasteiger partial charge >= 0.3 is 6.18 Å². The van der Waals surface area contributed by atoms with Gasteiger partial charge in [0.15, 0.2) is 5.69 Å². The fraction of sp³-hybridized carbons (Fsp3) is 0.414. The van der Waals surface area contributed by atoms with Crippen LogP contribution in [0, 0.1) is 22.7 Å². The number of nitrogens with zero attached hydrogens (tertiary/aromatic N) is 4. The number of rotatable bonds is 8. The highest BCUT2D eigenvalue weighted by molar-refractivity contribution is 5.92. The number of benzene rings is 2. The summed E-state index contributed by atoms with van der Waals surface area (Å²) in [7, 11) is 0. The second kappa shape index (κ2) is 11.4. The maximum Gasteiger partial charge on any atom is 0.416 e. The highest BCUT2D eigenvalue weighted by atomic mass is 19.4. The van der Waals surface area contributed by atoms with Gasteiger partial charge in [0.05, 0.1) is 22.7 Å². The van der Waals surface area contributed by atoms with Crippen molar-refractivity contribution in [2.24, 2.45) is 11.3 Å². The van der Waals surface area contributed by atoms with Crippen LogP contribution in [-0.2, 0) is 19.1 Å². The molecule has 38 heavy (non-hydrogen) atoms. The molecule has 4 rings (SSSR count). The maximum atomic E-state index is 13.0. The van der Waals surface area contributed by atoms with Crippen molar-refractivity contribution in [2.45, 2.75) is 45.8 Å². The van der Waals surface area contributed by atoms with Gasteiger partial charge in [-0.3, -0.25) is 9.69 Å². The van der Waals surface area contributed by atoms with Crippen LogP contribution in [0.3, 0.4) is 0 Å². The van der Waals surface area contributed by atoms with Crippen LogP contribution >= 0.6 is 0 Å². The van der Waals surface area contributed by atoms with Gasteiger partial charge in [-0.05, 0) is 61.1 Å². The molecule has 0 radical (unpaired) electrons. The smallest absolute Gasteiger partial charge is 0.349 e. The van der Waals surface area contributed by atoms with Crippen LogP contribution in [0.25, 0.3) is 5.69 Å². The van der Waals surface area contributed by atoms with E-state index in [1.54, 1.807) is 4.68 Å². The van der Waals surface area contributed by atoms with Gasteiger partial charge in [0.1, 0.15) is 0 Å². The Balaban J connectivity index is 1.36. The van der Waals surface area contributed by atoms with Crippen molar-refractivity contribution in [1.29, 1.82) is 5.26 Å². The number of amides is 1. The van der Waals surface area contributed by atoms with Crippen molar-refractivity contribution in [3.63, 3.8) is 0 Å². The molecule has 6 nitrogen and oxygen atoms in total. The Morgan fingerprint density at radius 3 is 2.34 bits per heavy atom. The standard InChI is InChI=1S/C29H32F3N5O/c1-21(2)16-25-17-26(35-37(25)24-6-4-3-5-7-24)27(38)34-20-28(19-33)12-14-36(15-13-28)18-22-8-10-23(11-9-22)29(30,31)32/h3-11,17,21H,12-16,18,20H2,1-2H3,(H,34,38). The van der Waals surface area contributed by atoms with Crippen LogP contribution in [0.4, 0.5) is 13.2 Å². The van der Waals surface area contributed by atoms with Gasteiger partial charge in [-0.1, -0.05) is 44.2 Å². The molecular weight excluding hydrogens is 491 g/mol. The number of alkyl halides is 3. The van der Waals surface area contributed by atoms with Crippen molar-refractivity contribution in [2.75, 3.05) is 19.6 Å². The highest BCUT2D eigenvalue weighted by Crippen LogP contribution is 2.32. The second-order valence-corrected chi connectivity index (χ2v) is 10.4. The first kappa shape index (κ1) is 27.4. The molecule has 0 aliphatic carbocycles. The summed E-state index contributed by atoms with van der Waals surface area (Å²) in [5.41, 5.74) is 1.58. The molecule has 0 spiro atoms. The summed E-state index contributed by atoms with van der Waals surface area (Å²) in [5, 5.41) is 17.5. The Kier molecular flexibility index (Phi) is 8.22. The molecule has 0 saturated carbocycles. The zero-order valence-corrected chi connectivity index (χ0v) is 21.6. The SMILES string of the molecule is CC(C)Cc1cc(C(=O)NCC2(C#N)CCN(Cc3ccc(C(F)(F)F)cc3)CC2)nn1-c1ccccc1. The van der Waals surface area contributed by atoms with Crippen molar-refractivity contribution in [1.82, 2.24) is 20.0 Å². The molecule has 1 aliphatic heterocycles. The van der Waals surface area contributed by atoms with E-state index in [1.165, 1.54) is 12.1 Å². The lowest BCUT2D eigenvalue weighted by Crippen LogP contribution is -2.45. The monoisotopic (exact) mass is 523 g/mol. The van der Waals surface area contributed by atoms with Gasteiger partial charge in [-0.25, -0.2) is 4.68 Å². The minimum atomic E-state index is -4.35. The van der Waals surface area contributed by atoms with Gasteiger partial charge in [-0.15, -0.1) is 0 Å². The van der Waals surface area contributed by atoms with E-state index in [-0.39, 0.29) is 12.5 Å². The molecule has 1 amide bonds. The fourth-order valence-corrected chi connectivity index (χ4v) is 4.75. The Hall–Kier alpha value is -3.64. The van der Waals surface area contributed by atoms with Crippen LogP contribution in [-0.4, -0.2) is 40.2 Å². The highest BCUT2D eigenvalue weighted by Gasteiger charge is 2.36. The van der Waals surface area contributed by atoms with E-state index in [0.29, 0.717) is 44.1 Å². The van der Waals surface area contributed by atoms with Gasteiger partial charge in [0.2, 0.25) is 0 Å². The minimum absolute atomic E-state index is 0.216. The number of carbonyl (C=O) groups is 1. The minimum Gasteiger partial charge on any atom is -0.349 e. The summed E-state index contributed by atoms with van der Waals surface area (Å²) in [6.07, 6.45) is -2.47. The number of hydrogen-bond donors (Lipinski definition) is 1. The van der Waals surface area contributed by atoms with Crippen LogP contribution in [0.15, 0.2) is 60.7 Å². The Bertz CT molecular complexity index is 1270. The number of nitrogens with one attached hydrogen (secondary N) is 1. The zero-order chi connectivity index (χ0) is 27.3. The number of aromatic nitrogens is 2. The first-order valence-corrected chi connectivity index (χ1v) is 12.8. The van der Waals surface area contributed by atoms with E-state index < -0.39 is 17.2 Å². The van der Waals surface area contributed by atoms with Gasteiger partial charge in [0, 0.05) is 31.9 Å². The number of nitriles is 1. The average molecular weight is 524 g/mol. The van der Waals surface area contributed by atoms with E-state index >= 15 is 0 Å². The van der Waals surface area contributed by atoms with Gasteiger partial charge in [-0.2, -0.15) is 23.5 Å². The summed E-state index contributed by atoms with van der Waals surface area (Å²) in [6, 6.07) is 19.1. The van der Waals surface area contributed by atoms with Gasteiger partial charge < -0.3 is 5.32 Å². The molecule has 0 unspecified atom stereocenters. The third kappa shape index (κ3) is 6.62.